The predicted molar refractivity (Wildman–Crippen MR) is 140 cm³/mol. The Morgan fingerprint density at radius 1 is 0.903 bits per heavy atom. The van der Waals surface area contributed by atoms with Crippen LogP contribution in [0.4, 0.5) is 0 Å². The summed E-state index contributed by atoms with van der Waals surface area (Å²) in [5.41, 5.74) is 1.42. The number of carbonyl (C=O) groups is 2. The zero-order valence-corrected chi connectivity index (χ0v) is 19.8. The first kappa shape index (κ1) is 20.4. The summed E-state index contributed by atoms with van der Waals surface area (Å²) < 4.78 is 1.04. The summed E-state index contributed by atoms with van der Waals surface area (Å²) in [7, 11) is 0. The highest BCUT2D eigenvalue weighted by molar-refractivity contribution is 14.1. The van der Waals surface area contributed by atoms with Gasteiger partial charge >= 0.3 is 0 Å². The zero-order chi connectivity index (χ0) is 21.5. The van der Waals surface area contributed by atoms with Crippen molar-refractivity contribution in [3.05, 3.63) is 98.5 Å². The fraction of sp³-hybridized carbons (Fsp3) is 0. The number of imide groups is 1. The van der Waals surface area contributed by atoms with Crippen LogP contribution in [-0.2, 0) is 4.79 Å². The quantitative estimate of drug-likeness (QED) is 0.0921. The Kier molecular flexibility index (Phi) is 5.37. The molecule has 3 nitrogen and oxygen atoms in total. The van der Waals surface area contributed by atoms with Crippen LogP contribution < -0.4 is 0 Å². The number of rotatable bonds is 2. The van der Waals surface area contributed by atoms with E-state index in [0.717, 1.165) is 35.6 Å². The lowest BCUT2D eigenvalue weighted by Gasteiger charge is -2.13. The van der Waals surface area contributed by atoms with Crippen LogP contribution in [0.1, 0.15) is 15.9 Å². The standard InChI is InChI=1S/C25H14INO2S2/c26-21-12-6-5-11-19(21)23(28)27-24(29)22(31-25(27)30)14-20-17-9-3-1-7-15(17)13-16-8-2-4-10-18(16)20/h1-14H/b22-14-. The smallest absolute Gasteiger partial charge is 0.268 e. The van der Waals surface area contributed by atoms with E-state index >= 15 is 0 Å². The Bertz CT molecular complexity index is 1390. The third-order valence-corrected chi connectivity index (χ3v) is 7.43. The fourth-order valence-electron chi connectivity index (χ4n) is 3.73. The maximum Gasteiger partial charge on any atom is 0.273 e. The minimum absolute atomic E-state index is 0.255. The molecule has 150 valence electrons. The summed E-state index contributed by atoms with van der Waals surface area (Å²) in [5.74, 6) is -0.768. The Labute approximate surface area is 202 Å². The highest BCUT2D eigenvalue weighted by Crippen LogP contribution is 2.37. The van der Waals surface area contributed by atoms with E-state index in [2.05, 4.69) is 40.8 Å². The molecular weight excluding hydrogens is 537 g/mol. The van der Waals surface area contributed by atoms with Crippen molar-refractivity contribution in [1.82, 2.24) is 4.90 Å². The number of halogens is 1. The van der Waals surface area contributed by atoms with Crippen molar-refractivity contribution in [2.75, 3.05) is 0 Å². The SMILES string of the molecule is O=C1/C(=C/c2c3ccccc3cc3ccccc23)SC(=S)N1C(=O)c1ccccc1I. The largest absolute Gasteiger partial charge is 0.273 e. The number of hydrogen-bond donors (Lipinski definition) is 0. The lowest BCUT2D eigenvalue weighted by atomic mass is 9.96. The van der Waals surface area contributed by atoms with Crippen molar-refractivity contribution in [2.24, 2.45) is 0 Å². The summed E-state index contributed by atoms with van der Waals surface area (Å²) in [6.07, 6.45) is 1.87. The van der Waals surface area contributed by atoms with Crippen LogP contribution in [0, 0.1) is 3.57 Å². The molecule has 4 aromatic carbocycles. The van der Waals surface area contributed by atoms with Crippen LogP contribution in [0.3, 0.4) is 0 Å². The van der Waals surface area contributed by atoms with Crippen molar-refractivity contribution in [2.45, 2.75) is 0 Å². The third-order valence-electron chi connectivity index (χ3n) is 5.19. The zero-order valence-electron chi connectivity index (χ0n) is 16.0. The first-order chi connectivity index (χ1) is 15.0. The second-order valence-corrected chi connectivity index (χ2v) is 9.87. The summed E-state index contributed by atoms with van der Waals surface area (Å²) in [6.45, 7) is 0. The number of hydrogen-bond acceptors (Lipinski definition) is 4. The van der Waals surface area contributed by atoms with Crippen molar-refractivity contribution < 1.29 is 9.59 Å². The van der Waals surface area contributed by atoms with Gasteiger partial charge in [0, 0.05) is 3.57 Å². The third kappa shape index (κ3) is 3.58. The van der Waals surface area contributed by atoms with E-state index in [1.807, 2.05) is 54.6 Å². The molecule has 0 aliphatic carbocycles. The lowest BCUT2D eigenvalue weighted by molar-refractivity contribution is -0.120. The molecule has 2 amide bonds. The summed E-state index contributed by atoms with van der Waals surface area (Å²) in [5, 5.41) is 4.29. The van der Waals surface area contributed by atoms with Crippen molar-refractivity contribution >= 4 is 90.3 Å². The average molecular weight is 551 g/mol. The monoisotopic (exact) mass is 551 g/mol. The van der Waals surface area contributed by atoms with E-state index in [9.17, 15) is 9.59 Å². The van der Waals surface area contributed by atoms with Gasteiger partial charge in [-0.25, -0.2) is 4.90 Å². The van der Waals surface area contributed by atoms with Crippen LogP contribution in [0.5, 0.6) is 0 Å². The Morgan fingerprint density at radius 2 is 1.48 bits per heavy atom. The molecule has 0 N–H and O–H groups in total. The first-order valence-electron chi connectivity index (χ1n) is 9.52. The first-order valence-corrected chi connectivity index (χ1v) is 11.8. The number of carbonyl (C=O) groups excluding carboxylic acids is 2. The van der Waals surface area contributed by atoms with Gasteiger partial charge in [0.1, 0.15) is 0 Å². The van der Waals surface area contributed by atoms with Crippen LogP contribution in [0.2, 0.25) is 0 Å². The molecule has 31 heavy (non-hydrogen) atoms. The predicted octanol–water partition coefficient (Wildman–Crippen LogP) is 6.64. The van der Waals surface area contributed by atoms with Gasteiger partial charge in [-0.05, 0) is 74.0 Å². The summed E-state index contributed by atoms with van der Waals surface area (Å²) in [4.78, 5) is 27.9. The van der Waals surface area contributed by atoms with E-state index in [-0.39, 0.29) is 10.2 Å². The van der Waals surface area contributed by atoms with E-state index < -0.39 is 5.91 Å². The lowest BCUT2D eigenvalue weighted by Crippen LogP contribution is -2.35. The topological polar surface area (TPSA) is 37.4 Å². The Balaban J connectivity index is 1.63. The van der Waals surface area contributed by atoms with E-state index in [0.29, 0.717) is 10.5 Å². The highest BCUT2D eigenvalue weighted by Gasteiger charge is 2.38. The van der Waals surface area contributed by atoms with Crippen LogP contribution >= 0.6 is 46.6 Å². The highest BCUT2D eigenvalue weighted by atomic mass is 127. The van der Waals surface area contributed by atoms with Gasteiger partial charge in [0.25, 0.3) is 11.8 Å². The fourth-order valence-corrected chi connectivity index (χ4v) is 5.59. The van der Waals surface area contributed by atoms with Gasteiger partial charge in [-0.15, -0.1) is 0 Å². The minimum atomic E-state index is -0.390. The Morgan fingerprint density at radius 3 is 2.13 bits per heavy atom. The van der Waals surface area contributed by atoms with Gasteiger partial charge in [-0.3, -0.25) is 9.59 Å². The van der Waals surface area contributed by atoms with E-state index in [1.54, 1.807) is 12.1 Å². The van der Waals surface area contributed by atoms with Crippen molar-refractivity contribution in [3.63, 3.8) is 0 Å². The molecule has 0 saturated carbocycles. The van der Waals surface area contributed by atoms with Gasteiger partial charge in [0.05, 0.1) is 10.5 Å². The molecule has 1 aliphatic heterocycles. The molecule has 1 aliphatic rings. The molecule has 0 atom stereocenters. The maximum atomic E-state index is 13.2. The molecule has 0 aromatic heterocycles. The van der Waals surface area contributed by atoms with Gasteiger partial charge in [-0.1, -0.05) is 84.6 Å². The molecule has 6 heteroatoms. The molecule has 4 aromatic rings. The number of thioether (sulfide) groups is 1. The van der Waals surface area contributed by atoms with Crippen LogP contribution in [-0.4, -0.2) is 21.0 Å². The number of thiocarbonyl (C=S) groups is 1. The van der Waals surface area contributed by atoms with Gasteiger partial charge in [0.2, 0.25) is 0 Å². The minimum Gasteiger partial charge on any atom is -0.268 e. The van der Waals surface area contributed by atoms with Crippen LogP contribution in [0.25, 0.3) is 27.6 Å². The normalized spacial score (nSPS) is 15.4. The van der Waals surface area contributed by atoms with Crippen LogP contribution in [0.15, 0.2) is 83.8 Å². The van der Waals surface area contributed by atoms with E-state index in [1.165, 1.54) is 11.8 Å². The second-order valence-electron chi connectivity index (χ2n) is 7.03. The molecule has 1 fully saturated rings. The maximum absolute atomic E-state index is 13.2. The summed E-state index contributed by atoms with van der Waals surface area (Å²) in [6, 6.07) is 25.5. The molecule has 0 unspecified atom stereocenters. The number of benzene rings is 4. The molecule has 0 radical (unpaired) electrons. The molecular formula is C25H14INO2S2. The molecule has 0 bridgehead atoms. The number of amides is 2. The number of nitrogens with zero attached hydrogens (tertiary/aromatic N) is 1. The van der Waals surface area contributed by atoms with Crippen molar-refractivity contribution in [1.29, 1.82) is 0 Å². The molecule has 0 spiro atoms. The number of fused-ring (bicyclic) bond motifs is 2. The van der Waals surface area contributed by atoms with Gasteiger partial charge < -0.3 is 0 Å². The van der Waals surface area contributed by atoms with Gasteiger partial charge in [-0.2, -0.15) is 0 Å². The van der Waals surface area contributed by atoms with Crippen molar-refractivity contribution in [3.8, 4) is 0 Å². The molecule has 1 saturated heterocycles. The van der Waals surface area contributed by atoms with E-state index in [4.69, 9.17) is 12.2 Å². The van der Waals surface area contributed by atoms with Gasteiger partial charge in [0.15, 0.2) is 4.32 Å². The Hall–Kier alpha value is -2.55. The molecule has 1 heterocycles. The molecule has 5 rings (SSSR count). The average Bonchev–Trinajstić information content (AvgIpc) is 3.06. The summed E-state index contributed by atoms with van der Waals surface area (Å²) >= 11 is 8.69. The second kappa shape index (κ2) is 8.18.